The lowest BCUT2D eigenvalue weighted by Gasteiger charge is -2.28. The summed E-state index contributed by atoms with van der Waals surface area (Å²) in [7, 11) is 0. The Hall–Kier alpha value is -2.00. The van der Waals surface area contributed by atoms with Crippen molar-refractivity contribution in [2.75, 3.05) is 11.4 Å². The molecule has 0 saturated heterocycles. The number of benzene rings is 1. The molecule has 0 atom stereocenters. The second-order valence-corrected chi connectivity index (χ2v) is 4.31. The fraction of sp³-hybridized carbons (Fsp3) is 0.429. The van der Waals surface area contributed by atoms with Gasteiger partial charge in [-0.3, -0.25) is 0 Å². The smallest absolute Gasteiger partial charge is 0.0994 e. The topological polar surface area (TPSA) is 50.8 Å². The molecule has 0 aliphatic carbocycles. The normalized spacial score (nSPS) is 9.76. The molecule has 0 aromatic heterocycles. The van der Waals surface area contributed by atoms with Gasteiger partial charge in [-0.15, -0.1) is 0 Å². The zero-order valence-electron chi connectivity index (χ0n) is 10.6. The first-order chi connectivity index (χ1) is 8.10. The van der Waals surface area contributed by atoms with E-state index in [9.17, 15) is 0 Å². The van der Waals surface area contributed by atoms with E-state index in [0.717, 1.165) is 17.8 Å². The van der Waals surface area contributed by atoms with E-state index in [1.807, 2.05) is 25.1 Å². The minimum Gasteiger partial charge on any atom is -0.368 e. The zero-order chi connectivity index (χ0) is 12.8. The fourth-order valence-corrected chi connectivity index (χ4v) is 1.81. The summed E-state index contributed by atoms with van der Waals surface area (Å²) in [5.41, 5.74) is 2.76. The predicted octanol–water partition coefficient (Wildman–Crippen LogP) is 3.00. The first-order valence-corrected chi connectivity index (χ1v) is 5.74. The number of anilines is 1. The summed E-state index contributed by atoms with van der Waals surface area (Å²) < 4.78 is 0. The van der Waals surface area contributed by atoms with Crippen LogP contribution in [-0.2, 0) is 0 Å². The first-order valence-electron chi connectivity index (χ1n) is 5.74. The highest BCUT2D eigenvalue weighted by molar-refractivity contribution is 5.54. The predicted molar refractivity (Wildman–Crippen MR) is 68.6 cm³/mol. The summed E-state index contributed by atoms with van der Waals surface area (Å²) >= 11 is 0. The van der Waals surface area contributed by atoms with Crippen LogP contribution in [0.4, 0.5) is 5.69 Å². The van der Waals surface area contributed by atoms with Gasteiger partial charge in [0.05, 0.1) is 24.1 Å². The van der Waals surface area contributed by atoms with Crippen LogP contribution in [0.15, 0.2) is 18.2 Å². The van der Waals surface area contributed by atoms with Crippen molar-refractivity contribution in [1.29, 1.82) is 10.5 Å². The number of aryl methyl sites for hydroxylation is 1. The van der Waals surface area contributed by atoms with Crippen molar-refractivity contribution >= 4 is 5.69 Å². The molecule has 0 aliphatic rings. The van der Waals surface area contributed by atoms with Gasteiger partial charge in [0.2, 0.25) is 0 Å². The number of hydrogen-bond acceptors (Lipinski definition) is 3. The van der Waals surface area contributed by atoms with Crippen LogP contribution in [-0.4, -0.2) is 12.6 Å². The van der Waals surface area contributed by atoms with Crippen molar-refractivity contribution in [3.05, 3.63) is 29.3 Å². The second kappa shape index (κ2) is 5.92. The molecule has 0 saturated carbocycles. The quantitative estimate of drug-likeness (QED) is 0.794. The molecule has 3 heteroatoms. The minimum atomic E-state index is 0.343. The van der Waals surface area contributed by atoms with Crippen LogP contribution in [0.2, 0.25) is 0 Å². The molecule has 3 nitrogen and oxygen atoms in total. The monoisotopic (exact) mass is 227 g/mol. The second-order valence-electron chi connectivity index (χ2n) is 4.31. The van der Waals surface area contributed by atoms with Crippen molar-refractivity contribution in [1.82, 2.24) is 0 Å². The van der Waals surface area contributed by atoms with Gasteiger partial charge in [0.15, 0.2) is 0 Å². The average Bonchev–Trinajstić information content (AvgIpc) is 2.29. The highest BCUT2D eigenvalue weighted by Crippen LogP contribution is 2.21. The van der Waals surface area contributed by atoms with Gasteiger partial charge in [0.25, 0.3) is 0 Å². The summed E-state index contributed by atoms with van der Waals surface area (Å²) in [5, 5.41) is 17.6. The van der Waals surface area contributed by atoms with E-state index < -0.39 is 0 Å². The van der Waals surface area contributed by atoms with E-state index in [1.54, 1.807) is 0 Å². The van der Waals surface area contributed by atoms with Gasteiger partial charge in [0.1, 0.15) is 0 Å². The molecule has 0 heterocycles. The third-order valence-corrected chi connectivity index (χ3v) is 2.75. The lowest BCUT2D eigenvalue weighted by Crippen LogP contribution is -2.31. The van der Waals surface area contributed by atoms with Crippen molar-refractivity contribution < 1.29 is 0 Å². The Labute approximate surface area is 103 Å². The maximum atomic E-state index is 8.89. The van der Waals surface area contributed by atoms with E-state index in [2.05, 4.69) is 30.9 Å². The molecule has 0 fully saturated rings. The van der Waals surface area contributed by atoms with Gasteiger partial charge in [-0.05, 0) is 44.5 Å². The lowest BCUT2D eigenvalue weighted by atomic mass is 10.1. The molecule has 0 N–H and O–H groups in total. The van der Waals surface area contributed by atoms with Crippen LogP contribution in [0, 0.1) is 29.6 Å². The molecule has 0 aliphatic heterocycles. The largest absolute Gasteiger partial charge is 0.368 e. The molecule has 0 unspecified atom stereocenters. The summed E-state index contributed by atoms with van der Waals surface area (Å²) in [6, 6.07) is 10.5. The molecule has 1 aromatic carbocycles. The molecule has 0 spiro atoms. The van der Waals surface area contributed by atoms with Gasteiger partial charge in [-0.2, -0.15) is 10.5 Å². The Kier molecular flexibility index (Phi) is 4.55. The van der Waals surface area contributed by atoms with Crippen molar-refractivity contribution in [3.8, 4) is 12.1 Å². The Morgan fingerprint density at radius 3 is 2.47 bits per heavy atom. The fourth-order valence-electron chi connectivity index (χ4n) is 1.81. The molecular formula is C14H17N3. The summed E-state index contributed by atoms with van der Waals surface area (Å²) in [6.45, 7) is 6.86. The molecule has 1 aromatic rings. The number of hydrogen-bond donors (Lipinski definition) is 0. The Morgan fingerprint density at radius 2 is 2.00 bits per heavy atom. The Morgan fingerprint density at radius 1 is 1.29 bits per heavy atom. The SMILES string of the molecule is Cc1cc(N(CCC#N)C(C)C)ccc1C#N. The van der Waals surface area contributed by atoms with E-state index in [4.69, 9.17) is 10.5 Å². The molecule has 0 radical (unpaired) electrons. The molecule has 0 bridgehead atoms. The van der Waals surface area contributed by atoms with Gasteiger partial charge < -0.3 is 4.90 Å². The summed E-state index contributed by atoms with van der Waals surface area (Å²) in [5.74, 6) is 0. The Bertz CT molecular complexity index is 463. The third kappa shape index (κ3) is 3.23. The maximum absolute atomic E-state index is 8.89. The maximum Gasteiger partial charge on any atom is 0.0994 e. The highest BCUT2D eigenvalue weighted by atomic mass is 15.1. The first kappa shape index (κ1) is 13.1. The van der Waals surface area contributed by atoms with Gasteiger partial charge in [-0.25, -0.2) is 0 Å². The van der Waals surface area contributed by atoms with Gasteiger partial charge in [0, 0.05) is 18.3 Å². The van der Waals surface area contributed by atoms with Crippen molar-refractivity contribution in [2.24, 2.45) is 0 Å². The van der Waals surface area contributed by atoms with Crippen LogP contribution in [0.3, 0.4) is 0 Å². The van der Waals surface area contributed by atoms with Crippen LogP contribution >= 0.6 is 0 Å². The lowest BCUT2D eigenvalue weighted by molar-refractivity contribution is 0.686. The van der Waals surface area contributed by atoms with Gasteiger partial charge in [-0.1, -0.05) is 0 Å². The standard InChI is InChI=1S/C14H17N3/c1-11(2)17(8-4-7-15)14-6-5-13(10-16)12(3)9-14/h5-6,9,11H,4,8H2,1-3H3. The molecule has 0 amide bonds. The highest BCUT2D eigenvalue weighted by Gasteiger charge is 2.11. The van der Waals surface area contributed by atoms with Gasteiger partial charge >= 0.3 is 0 Å². The molecule has 1 rings (SSSR count). The van der Waals surface area contributed by atoms with Crippen LogP contribution in [0.5, 0.6) is 0 Å². The zero-order valence-corrected chi connectivity index (χ0v) is 10.6. The van der Waals surface area contributed by atoms with Crippen LogP contribution in [0.1, 0.15) is 31.4 Å². The number of nitrogens with zero attached hydrogens (tertiary/aromatic N) is 3. The van der Waals surface area contributed by atoms with E-state index >= 15 is 0 Å². The van der Waals surface area contributed by atoms with Crippen LogP contribution in [0.25, 0.3) is 0 Å². The number of nitriles is 2. The summed E-state index contributed by atoms with van der Waals surface area (Å²) in [4.78, 5) is 2.18. The van der Waals surface area contributed by atoms with E-state index in [0.29, 0.717) is 18.0 Å². The van der Waals surface area contributed by atoms with E-state index in [1.165, 1.54) is 0 Å². The average molecular weight is 227 g/mol. The minimum absolute atomic E-state index is 0.343. The Balaban J connectivity index is 3.00. The van der Waals surface area contributed by atoms with Crippen molar-refractivity contribution in [3.63, 3.8) is 0 Å². The molecule has 88 valence electrons. The third-order valence-electron chi connectivity index (χ3n) is 2.75. The number of rotatable bonds is 4. The van der Waals surface area contributed by atoms with Crippen molar-refractivity contribution in [2.45, 2.75) is 33.2 Å². The summed E-state index contributed by atoms with van der Waals surface area (Å²) in [6.07, 6.45) is 0.511. The van der Waals surface area contributed by atoms with Crippen LogP contribution < -0.4 is 4.90 Å². The molecule has 17 heavy (non-hydrogen) atoms. The molecular weight excluding hydrogens is 210 g/mol. The van der Waals surface area contributed by atoms with E-state index in [-0.39, 0.29) is 0 Å².